The average molecular weight is 418 g/mol. The van der Waals surface area contributed by atoms with Gasteiger partial charge in [0.25, 0.3) is 5.56 Å². The van der Waals surface area contributed by atoms with Crippen molar-refractivity contribution in [1.82, 2.24) is 14.5 Å². The number of carbonyl (C=O) groups is 1. The van der Waals surface area contributed by atoms with Crippen LogP contribution in [-0.2, 0) is 24.2 Å². The van der Waals surface area contributed by atoms with Crippen LogP contribution in [0.4, 0.5) is 0 Å². The highest BCUT2D eigenvalue weighted by Gasteiger charge is 2.25. The molecule has 0 spiro atoms. The van der Waals surface area contributed by atoms with E-state index in [2.05, 4.69) is 6.92 Å². The summed E-state index contributed by atoms with van der Waals surface area (Å²) in [5.74, 6) is 1.56. The normalized spacial score (nSPS) is 16.3. The Morgan fingerprint density at radius 3 is 3.00 bits per heavy atom. The minimum Gasteiger partial charge on any atom is -0.467 e. The van der Waals surface area contributed by atoms with E-state index >= 15 is 0 Å². The topological polar surface area (TPSA) is 68.3 Å². The van der Waals surface area contributed by atoms with E-state index in [0.717, 1.165) is 29.5 Å². The molecule has 0 saturated carbocycles. The lowest BCUT2D eigenvalue weighted by Gasteiger charge is -2.17. The number of fused-ring (bicyclic) bond motifs is 3. The van der Waals surface area contributed by atoms with Gasteiger partial charge in [0.1, 0.15) is 10.6 Å². The largest absolute Gasteiger partial charge is 0.467 e. The van der Waals surface area contributed by atoms with Gasteiger partial charge in [-0.05, 0) is 42.9 Å². The Balaban J connectivity index is 1.81. The molecule has 0 N–H and O–H groups in total. The first-order valence-electron chi connectivity index (χ1n) is 9.34. The third-order valence-corrected chi connectivity index (χ3v) is 7.21. The number of carbonyl (C=O) groups excluding carboxylic acids is 1. The van der Waals surface area contributed by atoms with Gasteiger partial charge in [0.15, 0.2) is 5.16 Å². The van der Waals surface area contributed by atoms with Crippen LogP contribution in [0.3, 0.4) is 0 Å². The Hall–Kier alpha value is -2.06. The van der Waals surface area contributed by atoms with E-state index < -0.39 is 0 Å². The molecular weight excluding hydrogens is 394 g/mol. The lowest BCUT2D eigenvalue weighted by molar-refractivity contribution is -0.125. The van der Waals surface area contributed by atoms with Crippen LogP contribution in [0.1, 0.15) is 29.5 Å². The van der Waals surface area contributed by atoms with Crippen molar-refractivity contribution in [2.45, 2.75) is 37.9 Å². The molecule has 1 aliphatic rings. The number of hydrogen-bond donors (Lipinski definition) is 0. The van der Waals surface area contributed by atoms with E-state index in [4.69, 9.17) is 9.40 Å². The molecule has 1 atom stereocenters. The fourth-order valence-corrected chi connectivity index (χ4v) is 5.87. The second kappa shape index (κ2) is 7.75. The van der Waals surface area contributed by atoms with Crippen molar-refractivity contribution >= 4 is 39.2 Å². The van der Waals surface area contributed by atoms with Crippen LogP contribution in [0.15, 0.2) is 32.8 Å². The van der Waals surface area contributed by atoms with E-state index in [9.17, 15) is 9.59 Å². The molecule has 8 heteroatoms. The van der Waals surface area contributed by atoms with Crippen LogP contribution in [0.5, 0.6) is 0 Å². The third kappa shape index (κ3) is 3.63. The molecule has 3 aromatic rings. The van der Waals surface area contributed by atoms with Crippen molar-refractivity contribution in [2.75, 3.05) is 19.8 Å². The number of thiophene rings is 1. The van der Waals surface area contributed by atoms with Crippen LogP contribution in [0.25, 0.3) is 10.2 Å². The summed E-state index contributed by atoms with van der Waals surface area (Å²) < 4.78 is 7.11. The van der Waals surface area contributed by atoms with Gasteiger partial charge in [-0.15, -0.1) is 11.3 Å². The average Bonchev–Trinajstić information content (AvgIpc) is 3.28. The summed E-state index contributed by atoms with van der Waals surface area (Å²) in [5, 5.41) is 1.32. The molecule has 6 nitrogen and oxygen atoms in total. The molecular formula is C20H23N3O3S2. The van der Waals surface area contributed by atoms with Crippen LogP contribution in [0.2, 0.25) is 0 Å². The predicted octanol–water partition coefficient (Wildman–Crippen LogP) is 3.40. The van der Waals surface area contributed by atoms with E-state index in [1.54, 1.807) is 41.2 Å². The number of thioether (sulfide) groups is 1. The van der Waals surface area contributed by atoms with Gasteiger partial charge in [-0.25, -0.2) is 4.98 Å². The Kier molecular flexibility index (Phi) is 5.33. The number of amides is 1. The summed E-state index contributed by atoms with van der Waals surface area (Å²) in [6.45, 7) is 2.57. The number of furan rings is 1. The Bertz CT molecular complexity index is 1070. The lowest BCUT2D eigenvalue weighted by atomic mass is 9.89. The molecule has 0 unspecified atom stereocenters. The van der Waals surface area contributed by atoms with Gasteiger partial charge < -0.3 is 9.32 Å². The van der Waals surface area contributed by atoms with E-state index in [1.807, 2.05) is 12.1 Å². The molecule has 0 bridgehead atoms. The summed E-state index contributed by atoms with van der Waals surface area (Å²) >= 11 is 2.94. The van der Waals surface area contributed by atoms with Gasteiger partial charge in [0.05, 0.1) is 23.9 Å². The highest BCUT2D eigenvalue weighted by Crippen LogP contribution is 2.36. The lowest BCUT2D eigenvalue weighted by Crippen LogP contribution is -2.26. The molecule has 1 aliphatic carbocycles. The molecule has 4 rings (SSSR count). The monoisotopic (exact) mass is 417 g/mol. The number of aromatic nitrogens is 2. The molecule has 3 heterocycles. The Morgan fingerprint density at radius 2 is 2.29 bits per heavy atom. The first-order valence-corrected chi connectivity index (χ1v) is 11.1. The molecule has 148 valence electrons. The van der Waals surface area contributed by atoms with Gasteiger partial charge >= 0.3 is 0 Å². The number of rotatable bonds is 5. The highest BCUT2D eigenvalue weighted by atomic mass is 32.2. The van der Waals surface area contributed by atoms with Crippen LogP contribution < -0.4 is 5.56 Å². The Labute approximate surface area is 171 Å². The maximum Gasteiger partial charge on any atom is 0.263 e. The summed E-state index contributed by atoms with van der Waals surface area (Å²) in [5.41, 5.74) is 1.14. The minimum atomic E-state index is -0.0340. The van der Waals surface area contributed by atoms with E-state index in [0.29, 0.717) is 23.4 Å². The summed E-state index contributed by atoms with van der Waals surface area (Å²) in [7, 11) is 3.45. The second-order valence-corrected chi connectivity index (χ2v) is 9.50. The molecule has 1 amide bonds. The first kappa shape index (κ1) is 19.3. The molecule has 0 radical (unpaired) electrons. The fourth-order valence-electron chi connectivity index (χ4n) is 3.47. The van der Waals surface area contributed by atoms with Gasteiger partial charge in [-0.2, -0.15) is 0 Å². The molecule has 0 saturated heterocycles. The van der Waals surface area contributed by atoms with E-state index in [-0.39, 0.29) is 17.2 Å². The maximum absolute atomic E-state index is 13.4. The summed E-state index contributed by atoms with van der Waals surface area (Å²) in [6.07, 6.45) is 4.64. The van der Waals surface area contributed by atoms with E-state index in [1.165, 1.54) is 22.2 Å². The van der Waals surface area contributed by atoms with Gasteiger partial charge in [-0.1, -0.05) is 18.7 Å². The number of nitrogens with zero attached hydrogens (tertiary/aromatic N) is 3. The molecule has 3 aromatic heterocycles. The zero-order chi connectivity index (χ0) is 19.8. The maximum atomic E-state index is 13.4. The molecule has 28 heavy (non-hydrogen) atoms. The van der Waals surface area contributed by atoms with Crippen molar-refractivity contribution in [3.8, 4) is 0 Å². The SMILES string of the molecule is C[C@H]1CCc2c(sc3nc(SCC(=O)N(C)C)n(Cc4ccco4)c(=O)c23)C1. The van der Waals surface area contributed by atoms with Crippen molar-refractivity contribution in [1.29, 1.82) is 0 Å². The quantitative estimate of drug-likeness (QED) is 0.470. The van der Waals surface area contributed by atoms with Gasteiger partial charge in [0, 0.05) is 19.0 Å². The van der Waals surface area contributed by atoms with Crippen molar-refractivity contribution < 1.29 is 9.21 Å². The highest BCUT2D eigenvalue weighted by molar-refractivity contribution is 7.99. The number of hydrogen-bond acceptors (Lipinski definition) is 6. The van der Waals surface area contributed by atoms with Crippen molar-refractivity contribution in [2.24, 2.45) is 5.92 Å². The summed E-state index contributed by atoms with van der Waals surface area (Å²) in [6, 6.07) is 3.66. The first-order chi connectivity index (χ1) is 13.4. The summed E-state index contributed by atoms with van der Waals surface area (Å²) in [4.78, 5) is 33.9. The van der Waals surface area contributed by atoms with Crippen LogP contribution in [-0.4, -0.2) is 40.2 Å². The zero-order valence-electron chi connectivity index (χ0n) is 16.2. The van der Waals surface area contributed by atoms with Crippen LogP contribution in [0, 0.1) is 5.92 Å². The fraction of sp³-hybridized carbons (Fsp3) is 0.450. The van der Waals surface area contributed by atoms with Crippen molar-refractivity contribution in [3.05, 3.63) is 45.0 Å². The molecule has 0 aromatic carbocycles. The number of aryl methyl sites for hydroxylation is 1. The Morgan fingerprint density at radius 1 is 1.46 bits per heavy atom. The zero-order valence-corrected chi connectivity index (χ0v) is 17.9. The van der Waals surface area contributed by atoms with Crippen LogP contribution >= 0.6 is 23.1 Å². The van der Waals surface area contributed by atoms with Gasteiger partial charge in [0.2, 0.25) is 5.91 Å². The van der Waals surface area contributed by atoms with Crippen molar-refractivity contribution in [3.63, 3.8) is 0 Å². The smallest absolute Gasteiger partial charge is 0.263 e. The molecule has 0 aliphatic heterocycles. The second-order valence-electron chi connectivity index (χ2n) is 7.47. The standard InChI is InChI=1S/C20H23N3O3S2/c1-12-6-7-14-15(9-12)28-18-17(14)19(25)23(10-13-5-4-8-26-13)20(21-18)27-11-16(24)22(2)3/h4-5,8,12H,6-7,9-11H2,1-3H3/t12-/m0/s1. The third-order valence-electron chi connectivity index (χ3n) is 5.10. The molecule has 0 fully saturated rings. The minimum absolute atomic E-state index is 0.0109. The van der Waals surface area contributed by atoms with Gasteiger partial charge in [-0.3, -0.25) is 14.2 Å². The predicted molar refractivity (Wildman–Crippen MR) is 112 cm³/mol.